The zero-order valence-corrected chi connectivity index (χ0v) is 19.8. The molecule has 35 heavy (non-hydrogen) atoms. The maximum absolute atomic E-state index is 12.9. The van der Waals surface area contributed by atoms with Gasteiger partial charge >= 0.3 is 0 Å². The van der Waals surface area contributed by atoms with Crippen LogP contribution in [-0.4, -0.2) is 26.4 Å². The predicted octanol–water partition coefficient (Wildman–Crippen LogP) is 5.91. The van der Waals surface area contributed by atoms with Crippen molar-refractivity contribution in [2.24, 2.45) is 0 Å². The molecule has 0 unspecified atom stereocenters. The molecule has 0 bridgehead atoms. The second-order valence-electron chi connectivity index (χ2n) is 8.01. The number of rotatable bonds is 9. The number of nitrogens with one attached hydrogen (secondary N) is 1. The highest BCUT2D eigenvalue weighted by molar-refractivity contribution is 7.99. The van der Waals surface area contributed by atoms with Gasteiger partial charge < -0.3 is 9.73 Å². The average molecular weight is 481 g/mol. The average Bonchev–Trinajstić information content (AvgIpc) is 3.55. The van der Waals surface area contributed by atoms with Crippen molar-refractivity contribution in [1.29, 1.82) is 0 Å². The Kier molecular flexibility index (Phi) is 7.05. The quantitative estimate of drug-likeness (QED) is 0.266. The molecule has 0 aliphatic rings. The van der Waals surface area contributed by atoms with E-state index in [-0.39, 0.29) is 11.7 Å². The van der Waals surface area contributed by atoms with E-state index in [1.165, 1.54) is 17.3 Å². The lowest BCUT2D eigenvalue weighted by atomic mass is 10.0. The van der Waals surface area contributed by atoms with E-state index >= 15 is 0 Å². The second-order valence-corrected chi connectivity index (χ2v) is 8.95. The van der Waals surface area contributed by atoms with E-state index in [4.69, 9.17) is 4.42 Å². The summed E-state index contributed by atoms with van der Waals surface area (Å²) in [6.07, 6.45) is 2.37. The van der Waals surface area contributed by atoms with Gasteiger partial charge in [-0.25, -0.2) is 0 Å². The van der Waals surface area contributed by atoms with E-state index in [1.807, 2.05) is 77.4 Å². The first-order valence-corrected chi connectivity index (χ1v) is 12.3. The third kappa shape index (κ3) is 5.70. The monoisotopic (exact) mass is 480 g/mol. The first kappa shape index (κ1) is 22.7. The number of anilines is 1. The van der Waals surface area contributed by atoms with E-state index in [0.29, 0.717) is 23.3 Å². The summed E-state index contributed by atoms with van der Waals surface area (Å²) in [4.78, 5) is 12.9. The van der Waals surface area contributed by atoms with Gasteiger partial charge in [0.15, 0.2) is 10.9 Å². The molecular formula is C28H24N4O2S. The Morgan fingerprint density at radius 3 is 2.29 bits per heavy atom. The van der Waals surface area contributed by atoms with Gasteiger partial charge in [-0.1, -0.05) is 90.6 Å². The molecule has 0 radical (unpaired) electrons. The molecule has 0 aliphatic carbocycles. The number of furan rings is 1. The molecule has 0 saturated carbocycles. The van der Waals surface area contributed by atoms with E-state index in [1.54, 1.807) is 6.26 Å². The molecule has 2 heterocycles. The molecule has 3 aromatic carbocycles. The summed E-state index contributed by atoms with van der Waals surface area (Å²) in [5.74, 6) is 1.39. The third-order valence-corrected chi connectivity index (χ3v) is 6.47. The van der Waals surface area contributed by atoms with Gasteiger partial charge in [0.25, 0.3) is 0 Å². The normalized spacial score (nSPS) is 10.9. The summed E-state index contributed by atoms with van der Waals surface area (Å²) in [6, 6.07) is 31.9. The van der Waals surface area contributed by atoms with Crippen molar-refractivity contribution < 1.29 is 9.21 Å². The minimum atomic E-state index is -0.0932. The molecular weight excluding hydrogens is 456 g/mol. The van der Waals surface area contributed by atoms with Crippen LogP contribution >= 0.6 is 11.8 Å². The fourth-order valence-corrected chi connectivity index (χ4v) is 4.56. The van der Waals surface area contributed by atoms with Gasteiger partial charge in [-0.15, -0.1) is 10.2 Å². The molecule has 2 aromatic heterocycles. The topological polar surface area (TPSA) is 73.0 Å². The van der Waals surface area contributed by atoms with Gasteiger partial charge in [0, 0.05) is 5.69 Å². The molecule has 5 aromatic rings. The number of para-hydroxylation sites is 1. The number of amides is 1. The zero-order chi connectivity index (χ0) is 23.9. The second kappa shape index (κ2) is 10.9. The van der Waals surface area contributed by atoms with Crippen LogP contribution in [0.4, 0.5) is 5.69 Å². The SMILES string of the molecule is O=C(CSc1nnc(-c2ccco2)n1Cc1ccccc1)Nc1ccccc1Cc1ccccc1. The third-order valence-electron chi connectivity index (χ3n) is 5.50. The highest BCUT2D eigenvalue weighted by atomic mass is 32.2. The van der Waals surface area contributed by atoms with Crippen molar-refractivity contribution in [2.45, 2.75) is 18.1 Å². The van der Waals surface area contributed by atoms with Crippen molar-refractivity contribution in [3.8, 4) is 11.6 Å². The fourth-order valence-electron chi connectivity index (χ4n) is 3.82. The molecule has 1 N–H and O–H groups in total. The highest BCUT2D eigenvalue weighted by Gasteiger charge is 2.18. The lowest BCUT2D eigenvalue weighted by molar-refractivity contribution is -0.113. The fraction of sp³-hybridized carbons (Fsp3) is 0.107. The minimum Gasteiger partial charge on any atom is -0.461 e. The summed E-state index contributed by atoms with van der Waals surface area (Å²) in [6.45, 7) is 0.577. The highest BCUT2D eigenvalue weighted by Crippen LogP contribution is 2.26. The van der Waals surface area contributed by atoms with Crippen LogP contribution in [0.5, 0.6) is 0 Å². The number of hydrogen-bond donors (Lipinski definition) is 1. The largest absolute Gasteiger partial charge is 0.461 e. The van der Waals surface area contributed by atoms with Crippen molar-refractivity contribution in [2.75, 3.05) is 11.1 Å². The van der Waals surface area contributed by atoms with E-state index in [2.05, 4.69) is 39.8 Å². The van der Waals surface area contributed by atoms with Crippen LogP contribution in [0.2, 0.25) is 0 Å². The molecule has 1 amide bonds. The van der Waals surface area contributed by atoms with Gasteiger partial charge in [-0.2, -0.15) is 0 Å². The van der Waals surface area contributed by atoms with Crippen LogP contribution in [0.25, 0.3) is 11.6 Å². The molecule has 5 rings (SSSR count). The van der Waals surface area contributed by atoms with Gasteiger partial charge in [-0.3, -0.25) is 9.36 Å². The first-order chi connectivity index (χ1) is 17.3. The van der Waals surface area contributed by atoms with E-state index in [0.717, 1.165) is 23.2 Å². The maximum Gasteiger partial charge on any atom is 0.234 e. The molecule has 7 heteroatoms. The Labute approximate surface area is 208 Å². The lowest BCUT2D eigenvalue weighted by Gasteiger charge is -2.12. The zero-order valence-electron chi connectivity index (χ0n) is 19.0. The molecule has 0 fully saturated rings. The summed E-state index contributed by atoms with van der Waals surface area (Å²) >= 11 is 1.36. The number of carbonyl (C=O) groups is 1. The number of nitrogens with zero attached hydrogens (tertiary/aromatic N) is 3. The Bertz CT molecular complexity index is 1380. The molecule has 0 aliphatic heterocycles. The lowest BCUT2D eigenvalue weighted by Crippen LogP contribution is -2.16. The predicted molar refractivity (Wildman–Crippen MR) is 138 cm³/mol. The summed E-state index contributed by atoms with van der Waals surface area (Å²) < 4.78 is 7.55. The van der Waals surface area contributed by atoms with E-state index in [9.17, 15) is 4.79 Å². The van der Waals surface area contributed by atoms with Gasteiger partial charge in [-0.05, 0) is 41.3 Å². The maximum atomic E-state index is 12.9. The van der Waals surface area contributed by atoms with Crippen molar-refractivity contribution in [3.63, 3.8) is 0 Å². The van der Waals surface area contributed by atoms with Crippen LogP contribution < -0.4 is 5.32 Å². The summed E-state index contributed by atoms with van der Waals surface area (Å²) in [7, 11) is 0. The Hall–Kier alpha value is -4.10. The van der Waals surface area contributed by atoms with Crippen molar-refractivity contribution in [1.82, 2.24) is 14.8 Å². The number of aromatic nitrogens is 3. The van der Waals surface area contributed by atoms with Crippen LogP contribution in [0.15, 0.2) is 113 Å². The summed E-state index contributed by atoms with van der Waals surface area (Å²) in [5.41, 5.74) is 4.21. The Morgan fingerprint density at radius 2 is 1.54 bits per heavy atom. The van der Waals surface area contributed by atoms with Gasteiger partial charge in [0.2, 0.25) is 11.7 Å². The van der Waals surface area contributed by atoms with Crippen LogP contribution in [0.1, 0.15) is 16.7 Å². The minimum absolute atomic E-state index is 0.0932. The molecule has 0 atom stereocenters. The summed E-state index contributed by atoms with van der Waals surface area (Å²) in [5, 5.41) is 12.4. The van der Waals surface area contributed by atoms with E-state index < -0.39 is 0 Å². The van der Waals surface area contributed by atoms with Gasteiger partial charge in [0.05, 0.1) is 18.6 Å². The van der Waals surface area contributed by atoms with Crippen LogP contribution in [0.3, 0.4) is 0 Å². The number of hydrogen-bond acceptors (Lipinski definition) is 5. The van der Waals surface area contributed by atoms with Crippen LogP contribution in [0, 0.1) is 0 Å². The molecule has 6 nitrogen and oxygen atoms in total. The van der Waals surface area contributed by atoms with Crippen molar-refractivity contribution in [3.05, 3.63) is 120 Å². The smallest absolute Gasteiger partial charge is 0.234 e. The molecule has 0 spiro atoms. The number of thioether (sulfide) groups is 1. The Morgan fingerprint density at radius 1 is 0.829 bits per heavy atom. The first-order valence-electron chi connectivity index (χ1n) is 11.3. The van der Waals surface area contributed by atoms with Gasteiger partial charge in [0.1, 0.15) is 0 Å². The van der Waals surface area contributed by atoms with Crippen LogP contribution in [-0.2, 0) is 17.8 Å². The molecule has 174 valence electrons. The molecule has 0 saturated heterocycles. The van der Waals surface area contributed by atoms with Crippen molar-refractivity contribution >= 4 is 23.4 Å². The number of carbonyl (C=O) groups excluding carboxylic acids is 1. The number of benzene rings is 3. The standard InChI is InChI=1S/C28H24N4O2S/c33-26(29-24-15-8-7-14-23(24)18-21-10-3-1-4-11-21)20-35-28-31-30-27(25-16-9-17-34-25)32(28)19-22-12-5-2-6-13-22/h1-17H,18-20H2,(H,29,33). The Balaban J connectivity index is 1.30.